The third kappa shape index (κ3) is 5.29. The van der Waals surface area contributed by atoms with Crippen molar-refractivity contribution in [3.63, 3.8) is 0 Å². The van der Waals surface area contributed by atoms with Crippen LogP contribution < -0.4 is 0 Å². The van der Waals surface area contributed by atoms with Gasteiger partial charge in [-0.15, -0.1) is 0 Å². The molecular formula is C51H32N4O. The Morgan fingerprint density at radius 2 is 1.05 bits per heavy atom. The summed E-state index contributed by atoms with van der Waals surface area (Å²) in [7, 11) is 0. The maximum atomic E-state index is 6.30. The molecule has 11 rings (SSSR count). The highest BCUT2D eigenvalue weighted by Crippen LogP contribution is 2.43. The molecule has 56 heavy (non-hydrogen) atoms. The quantitative estimate of drug-likeness (QED) is 0.172. The van der Waals surface area contributed by atoms with Gasteiger partial charge in [-0.3, -0.25) is 0 Å². The van der Waals surface area contributed by atoms with Crippen molar-refractivity contribution in [2.75, 3.05) is 0 Å². The second-order valence-electron chi connectivity index (χ2n) is 14.0. The summed E-state index contributed by atoms with van der Waals surface area (Å²) in [5, 5.41) is 10.8. The van der Waals surface area contributed by atoms with E-state index >= 15 is 0 Å². The zero-order chi connectivity index (χ0) is 37.0. The number of para-hydroxylation sites is 2. The van der Waals surface area contributed by atoms with Gasteiger partial charge in [0.2, 0.25) is 0 Å². The normalized spacial score (nSPS) is 11.6. The van der Waals surface area contributed by atoms with Crippen LogP contribution in [0.15, 0.2) is 199 Å². The summed E-state index contributed by atoms with van der Waals surface area (Å²) in [5.41, 5.74) is 12.6. The third-order valence-electron chi connectivity index (χ3n) is 10.6. The Morgan fingerprint density at radius 1 is 0.411 bits per heavy atom. The van der Waals surface area contributed by atoms with E-state index in [1.54, 1.807) is 0 Å². The van der Waals surface area contributed by atoms with E-state index in [4.69, 9.17) is 19.5 Å². The van der Waals surface area contributed by atoms with Crippen molar-refractivity contribution in [3.05, 3.63) is 194 Å². The van der Waals surface area contributed by atoms with Crippen LogP contribution in [-0.4, -0.2) is 19.7 Å². The molecule has 5 heteroatoms. The first-order valence-corrected chi connectivity index (χ1v) is 18.8. The SMILES string of the molecule is c1ccc(-c2nc(-c3ccc4cc(-c5ccccc5)c5c(-c6ccccc6)nn(-c6ccccc6)c5c4c3)cc(-c3cccc4oc5ccccc5c34)n2)cc1. The molecule has 0 aliphatic carbocycles. The average molecular weight is 717 g/mol. The van der Waals surface area contributed by atoms with Crippen LogP contribution in [0.4, 0.5) is 0 Å². The van der Waals surface area contributed by atoms with Crippen molar-refractivity contribution < 1.29 is 4.42 Å². The van der Waals surface area contributed by atoms with Gasteiger partial charge in [0.1, 0.15) is 16.9 Å². The topological polar surface area (TPSA) is 56.7 Å². The maximum absolute atomic E-state index is 6.30. The fourth-order valence-corrected chi connectivity index (χ4v) is 8.03. The van der Waals surface area contributed by atoms with Crippen LogP contribution in [0.3, 0.4) is 0 Å². The fourth-order valence-electron chi connectivity index (χ4n) is 8.03. The fraction of sp³-hybridized carbons (Fsp3) is 0. The second-order valence-corrected chi connectivity index (χ2v) is 14.0. The molecule has 3 heterocycles. The molecule has 3 aromatic heterocycles. The molecule has 11 aromatic rings. The van der Waals surface area contributed by atoms with Crippen molar-refractivity contribution in [1.29, 1.82) is 0 Å². The smallest absolute Gasteiger partial charge is 0.160 e. The molecule has 0 radical (unpaired) electrons. The first-order valence-electron chi connectivity index (χ1n) is 18.8. The van der Waals surface area contributed by atoms with Crippen LogP contribution in [0.5, 0.6) is 0 Å². The molecule has 5 nitrogen and oxygen atoms in total. The highest BCUT2D eigenvalue weighted by Gasteiger charge is 2.22. The van der Waals surface area contributed by atoms with E-state index in [2.05, 4.69) is 150 Å². The summed E-state index contributed by atoms with van der Waals surface area (Å²) < 4.78 is 8.42. The molecular weight excluding hydrogens is 685 g/mol. The lowest BCUT2D eigenvalue weighted by atomic mass is 9.92. The highest BCUT2D eigenvalue weighted by molar-refractivity contribution is 6.18. The minimum absolute atomic E-state index is 0.660. The van der Waals surface area contributed by atoms with E-state index in [9.17, 15) is 0 Å². The molecule has 0 atom stereocenters. The third-order valence-corrected chi connectivity index (χ3v) is 10.6. The largest absolute Gasteiger partial charge is 0.456 e. The van der Waals surface area contributed by atoms with Gasteiger partial charge in [-0.25, -0.2) is 14.6 Å². The Morgan fingerprint density at radius 3 is 1.82 bits per heavy atom. The van der Waals surface area contributed by atoms with Crippen molar-refractivity contribution in [2.24, 2.45) is 0 Å². The van der Waals surface area contributed by atoms with Gasteiger partial charge in [0.05, 0.1) is 22.6 Å². The van der Waals surface area contributed by atoms with Crippen LogP contribution in [0.25, 0.3) is 106 Å². The Hall–Kier alpha value is -7.63. The van der Waals surface area contributed by atoms with Crippen LogP contribution in [0, 0.1) is 0 Å². The summed E-state index contributed by atoms with van der Waals surface area (Å²) in [6.07, 6.45) is 0. The average Bonchev–Trinajstić information content (AvgIpc) is 3.87. The van der Waals surface area contributed by atoms with Crippen LogP contribution >= 0.6 is 0 Å². The number of furan rings is 1. The molecule has 0 unspecified atom stereocenters. The molecule has 0 saturated carbocycles. The predicted octanol–water partition coefficient (Wildman–Crippen LogP) is 13.2. The van der Waals surface area contributed by atoms with Crippen molar-refractivity contribution in [1.82, 2.24) is 19.7 Å². The van der Waals surface area contributed by atoms with Gasteiger partial charge >= 0.3 is 0 Å². The number of fused-ring (bicyclic) bond motifs is 6. The minimum Gasteiger partial charge on any atom is -0.456 e. The Bertz CT molecular complexity index is 3230. The standard InChI is InChI=1S/C51H32N4O/c1-5-16-33(17-6-1)41-30-36-28-29-37(31-42(36)50-48(41)49(34-18-7-2-8-19-34)54-55(50)38-22-11-4-12-23-38)43-32-44(53-51(52-43)35-20-9-3-10-21-35)39-25-15-27-46-47(39)40-24-13-14-26-45(40)56-46/h1-32H. The molecule has 0 aliphatic rings. The monoisotopic (exact) mass is 716 g/mol. The molecule has 0 spiro atoms. The van der Waals surface area contributed by atoms with Crippen LogP contribution in [0.1, 0.15) is 0 Å². The van der Waals surface area contributed by atoms with E-state index in [0.717, 1.165) is 99.8 Å². The molecule has 262 valence electrons. The molecule has 0 N–H and O–H groups in total. The first-order chi connectivity index (χ1) is 27.8. The Balaban J connectivity index is 1.21. The van der Waals surface area contributed by atoms with E-state index in [1.807, 2.05) is 48.5 Å². The summed E-state index contributed by atoms with van der Waals surface area (Å²) in [4.78, 5) is 10.5. The molecule has 0 bridgehead atoms. The van der Waals surface area contributed by atoms with Gasteiger partial charge in [-0.1, -0.05) is 152 Å². The predicted molar refractivity (Wildman–Crippen MR) is 229 cm³/mol. The first kappa shape index (κ1) is 31.9. The van der Waals surface area contributed by atoms with Gasteiger partial charge in [0.25, 0.3) is 0 Å². The Kier molecular flexibility index (Phi) is 7.42. The van der Waals surface area contributed by atoms with Gasteiger partial charge in [0, 0.05) is 43.8 Å². The highest BCUT2D eigenvalue weighted by atomic mass is 16.3. The van der Waals surface area contributed by atoms with Crippen molar-refractivity contribution in [3.8, 4) is 62.0 Å². The van der Waals surface area contributed by atoms with Gasteiger partial charge < -0.3 is 4.42 Å². The molecule has 8 aromatic carbocycles. The number of aromatic nitrogens is 4. The second kappa shape index (κ2) is 13.0. The van der Waals surface area contributed by atoms with E-state index < -0.39 is 0 Å². The summed E-state index contributed by atoms with van der Waals surface area (Å²) in [5.74, 6) is 0.660. The van der Waals surface area contributed by atoms with E-state index in [1.165, 1.54) is 0 Å². The lowest BCUT2D eigenvalue weighted by Crippen LogP contribution is -1.98. The number of hydrogen-bond acceptors (Lipinski definition) is 4. The Labute approximate surface area is 322 Å². The van der Waals surface area contributed by atoms with Crippen molar-refractivity contribution >= 4 is 43.6 Å². The van der Waals surface area contributed by atoms with Crippen LogP contribution in [0.2, 0.25) is 0 Å². The lowest BCUT2D eigenvalue weighted by Gasteiger charge is -2.13. The molecule has 0 aliphatic heterocycles. The maximum Gasteiger partial charge on any atom is 0.160 e. The van der Waals surface area contributed by atoms with Gasteiger partial charge in [-0.2, -0.15) is 5.10 Å². The molecule has 0 saturated heterocycles. The van der Waals surface area contributed by atoms with Crippen molar-refractivity contribution in [2.45, 2.75) is 0 Å². The molecule has 0 amide bonds. The number of hydrogen-bond donors (Lipinski definition) is 0. The summed E-state index contributed by atoms with van der Waals surface area (Å²) in [6, 6.07) is 67.2. The minimum atomic E-state index is 0.660. The van der Waals surface area contributed by atoms with Gasteiger partial charge in [0.15, 0.2) is 5.82 Å². The summed E-state index contributed by atoms with van der Waals surface area (Å²) >= 11 is 0. The van der Waals surface area contributed by atoms with E-state index in [-0.39, 0.29) is 0 Å². The molecule has 0 fully saturated rings. The zero-order valence-electron chi connectivity index (χ0n) is 30.2. The number of rotatable bonds is 6. The van der Waals surface area contributed by atoms with E-state index in [0.29, 0.717) is 5.82 Å². The number of benzene rings is 8. The zero-order valence-corrected chi connectivity index (χ0v) is 30.2. The lowest BCUT2D eigenvalue weighted by molar-refractivity contribution is 0.669. The van der Waals surface area contributed by atoms with Gasteiger partial charge in [-0.05, 0) is 59.0 Å². The van der Waals surface area contributed by atoms with Crippen LogP contribution in [-0.2, 0) is 0 Å². The number of nitrogens with zero attached hydrogens (tertiary/aromatic N) is 4. The summed E-state index contributed by atoms with van der Waals surface area (Å²) in [6.45, 7) is 0.